The molecular weight excluding hydrogens is 342 g/mol. The first-order valence-corrected chi connectivity index (χ1v) is 10.1. The molecule has 0 aromatic rings. The van der Waals surface area contributed by atoms with Gasteiger partial charge in [-0.3, -0.25) is 4.90 Å². The average molecular weight is 372 g/mol. The summed E-state index contributed by atoms with van der Waals surface area (Å²) in [6.45, 7) is 3.72. The summed E-state index contributed by atoms with van der Waals surface area (Å²) in [5.74, 6) is 0. The topological polar surface area (TPSA) is 45.3 Å². The van der Waals surface area contributed by atoms with Crippen LogP contribution >= 0.6 is 0 Å². The van der Waals surface area contributed by atoms with Crippen molar-refractivity contribution in [3.05, 3.63) is 0 Å². The fraction of sp³-hybridized carbons (Fsp3) is 0.947. The zero-order chi connectivity index (χ0) is 18.2. The van der Waals surface area contributed by atoms with Gasteiger partial charge in [0.1, 0.15) is 6.10 Å². The van der Waals surface area contributed by atoms with E-state index in [4.69, 9.17) is 9.47 Å². The standard InChI is InChI=1S/C19H30F2N2O3/c20-16(21)13-22-9-5-18(6-10-22)7-11-23(12-8-18)17(24)26-15-1-3-19(4-2-15)14-25-19/h15-16H,1-14H2. The minimum absolute atomic E-state index is 0.0331. The summed E-state index contributed by atoms with van der Waals surface area (Å²) in [6, 6.07) is 0. The minimum atomic E-state index is -2.25. The van der Waals surface area contributed by atoms with E-state index in [2.05, 4.69) is 0 Å². The van der Waals surface area contributed by atoms with Gasteiger partial charge in [0.25, 0.3) is 6.43 Å². The van der Waals surface area contributed by atoms with Crippen molar-refractivity contribution in [1.29, 1.82) is 0 Å². The smallest absolute Gasteiger partial charge is 0.410 e. The summed E-state index contributed by atoms with van der Waals surface area (Å²) < 4.78 is 36.3. The molecule has 1 saturated carbocycles. The molecule has 0 N–H and O–H groups in total. The number of likely N-dealkylation sites (tertiary alicyclic amines) is 2. The average Bonchev–Trinajstić information content (AvgIpc) is 3.39. The first kappa shape index (κ1) is 18.4. The van der Waals surface area contributed by atoms with Crippen LogP contribution in [-0.4, -0.2) is 73.4 Å². The van der Waals surface area contributed by atoms with E-state index in [-0.39, 0.29) is 29.8 Å². The van der Waals surface area contributed by atoms with Crippen LogP contribution < -0.4 is 0 Å². The molecule has 0 atom stereocenters. The van der Waals surface area contributed by atoms with Crippen LogP contribution in [0.1, 0.15) is 51.4 Å². The number of carbonyl (C=O) groups excluding carboxylic acids is 1. The minimum Gasteiger partial charge on any atom is -0.446 e. The van der Waals surface area contributed by atoms with Gasteiger partial charge in [-0.15, -0.1) is 0 Å². The highest BCUT2D eigenvalue weighted by molar-refractivity contribution is 5.68. The van der Waals surface area contributed by atoms with Gasteiger partial charge in [-0.05, 0) is 69.9 Å². The molecule has 1 aliphatic carbocycles. The monoisotopic (exact) mass is 372 g/mol. The Kier molecular flexibility index (Phi) is 5.12. The highest BCUT2D eigenvalue weighted by Crippen LogP contribution is 2.43. The van der Waals surface area contributed by atoms with Gasteiger partial charge in [0.15, 0.2) is 0 Å². The number of halogens is 2. The number of ether oxygens (including phenoxy) is 2. The zero-order valence-electron chi connectivity index (χ0n) is 15.4. The summed E-state index contributed by atoms with van der Waals surface area (Å²) in [5, 5.41) is 0. The van der Waals surface area contributed by atoms with Gasteiger partial charge >= 0.3 is 6.09 Å². The molecule has 4 aliphatic rings. The second kappa shape index (κ2) is 7.23. The van der Waals surface area contributed by atoms with Crippen molar-refractivity contribution in [2.24, 2.45) is 5.41 Å². The van der Waals surface area contributed by atoms with Crippen LogP contribution in [0.4, 0.5) is 13.6 Å². The molecule has 4 fully saturated rings. The summed E-state index contributed by atoms with van der Waals surface area (Å²) in [7, 11) is 0. The highest BCUT2D eigenvalue weighted by atomic mass is 19.3. The van der Waals surface area contributed by atoms with Gasteiger partial charge < -0.3 is 14.4 Å². The van der Waals surface area contributed by atoms with Crippen LogP contribution in [0.3, 0.4) is 0 Å². The Morgan fingerprint density at radius 1 is 1.04 bits per heavy atom. The summed E-state index contributed by atoms with van der Waals surface area (Å²) in [6.07, 6.45) is 5.29. The van der Waals surface area contributed by atoms with E-state index in [1.54, 1.807) is 0 Å². The van der Waals surface area contributed by atoms with Crippen LogP contribution in [0, 0.1) is 5.41 Å². The maximum absolute atomic E-state index is 12.5. The van der Waals surface area contributed by atoms with E-state index in [1.165, 1.54) is 0 Å². The molecule has 148 valence electrons. The van der Waals surface area contributed by atoms with Crippen molar-refractivity contribution in [3.8, 4) is 0 Å². The van der Waals surface area contributed by atoms with Crippen LogP contribution in [-0.2, 0) is 9.47 Å². The van der Waals surface area contributed by atoms with E-state index in [0.717, 1.165) is 84.2 Å². The molecule has 7 heteroatoms. The number of nitrogens with zero attached hydrogens (tertiary/aromatic N) is 2. The van der Waals surface area contributed by atoms with E-state index in [0.29, 0.717) is 0 Å². The van der Waals surface area contributed by atoms with Crippen molar-refractivity contribution in [1.82, 2.24) is 9.80 Å². The summed E-state index contributed by atoms with van der Waals surface area (Å²) >= 11 is 0. The number of hydrogen-bond donors (Lipinski definition) is 0. The second-order valence-electron chi connectivity index (χ2n) is 8.73. The van der Waals surface area contributed by atoms with Gasteiger partial charge in [0.2, 0.25) is 0 Å². The summed E-state index contributed by atoms with van der Waals surface area (Å²) in [4.78, 5) is 16.2. The van der Waals surface area contributed by atoms with Crippen molar-refractivity contribution < 1.29 is 23.0 Å². The molecule has 26 heavy (non-hydrogen) atoms. The van der Waals surface area contributed by atoms with Crippen molar-refractivity contribution in [2.45, 2.75) is 69.5 Å². The van der Waals surface area contributed by atoms with E-state index in [9.17, 15) is 13.6 Å². The molecule has 2 spiro atoms. The van der Waals surface area contributed by atoms with Crippen molar-refractivity contribution in [3.63, 3.8) is 0 Å². The van der Waals surface area contributed by atoms with E-state index >= 15 is 0 Å². The number of piperidine rings is 2. The lowest BCUT2D eigenvalue weighted by molar-refractivity contribution is -0.00436. The molecule has 0 unspecified atom stereocenters. The Morgan fingerprint density at radius 2 is 1.62 bits per heavy atom. The maximum atomic E-state index is 12.5. The molecule has 0 aromatic heterocycles. The van der Waals surface area contributed by atoms with E-state index < -0.39 is 6.43 Å². The van der Waals surface area contributed by atoms with Crippen LogP contribution in [0.15, 0.2) is 0 Å². The molecule has 0 bridgehead atoms. The number of rotatable bonds is 3. The Bertz CT molecular complexity index is 499. The van der Waals surface area contributed by atoms with Crippen LogP contribution in [0.25, 0.3) is 0 Å². The van der Waals surface area contributed by atoms with Gasteiger partial charge in [-0.2, -0.15) is 0 Å². The van der Waals surface area contributed by atoms with Gasteiger partial charge in [0, 0.05) is 13.1 Å². The number of epoxide rings is 1. The molecular formula is C19H30F2N2O3. The Hall–Kier alpha value is -0.950. The Labute approximate surface area is 154 Å². The number of amides is 1. The number of carbonyl (C=O) groups is 1. The molecule has 1 amide bonds. The fourth-order valence-electron chi connectivity index (χ4n) is 4.91. The van der Waals surface area contributed by atoms with Gasteiger partial charge in [-0.1, -0.05) is 0 Å². The van der Waals surface area contributed by atoms with Crippen molar-refractivity contribution >= 4 is 6.09 Å². The third kappa shape index (κ3) is 4.14. The lowest BCUT2D eigenvalue weighted by Gasteiger charge is -2.46. The lowest BCUT2D eigenvalue weighted by atomic mass is 9.71. The first-order valence-electron chi connectivity index (χ1n) is 10.1. The quantitative estimate of drug-likeness (QED) is 0.714. The molecule has 4 rings (SSSR count). The van der Waals surface area contributed by atoms with Gasteiger partial charge in [0.05, 0.1) is 18.8 Å². The second-order valence-corrected chi connectivity index (χ2v) is 8.73. The molecule has 0 radical (unpaired) electrons. The van der Waals surface area contributed by atoms with E-state index in [1.807, 2.05) is 9.80 Å². The molecule has 3 aliphatic heterocycles. The predicted molar refractivity (Wildman–Crippen MR) is 92.3 cm³/mol. The molecule has 0 aromatic carbocycles. The number of alkyl halides is 2. The Balaban J connectivity index is 1.19. The largest absolute Gasteiger partial charge is 0.446 e. The Morgan fingerprint density at radius 3 is 2.15 bits per heavy atom. The zero-order valence-corrected chi connectivity index (χ0v) is 15.4. The van der Waals surface area contributed by atoms with Crippen LogP contribution in [0.2, 0.25) is 0 Å². The molecule has 3 saturated heterocycles. The fourth-order valence-corrected chi connectivity index (χ4v) is 4.91. The van der Waals surface area contributed by atoms with Gasteiger partial charge in [-0.25, -0.2) is 13.6 Å². The van der Waals surface area contributed by atoms with Crippen LogP contribution in [0.5, 0.6) is 0 Å². The maximum Gasteiger partial charge on any atom is 0.410 e. The predicted octanol–water partition coefficient (Wildman–Crippen LogP) is 3.28. The lowest BCUT2D eigenvalue weighted by Crippen LogP contribution is -2.49. The normalized spacial score (nSPS) is 34.4. The third-order valence-electron chi connectivity index (χ3n) is 7.06. The first-order chi connectivity index (χ1) is 12.5. The highest BCUT2D eigenvalue weighted by Gasteiger charge is 2.48. The summed E-state index contributed by atoms with van der Waals surface area (Å²) in [5.41, 5.74) is 0.357. The molecule has 3 heterocycles. The SMILES string of the molecule is O=C(OC1CCC2(CC1)CO2)N1CCC2(CCN(CC(F)F)CC2)CC1. The number of hydrogen-bond acceptors (Lipinski definition) is 4. The third-order valence-corrected chi connectivity index (χ3v) is 7.06. The van der Waals surface area contributed by atoms with Crippen molar-refractivity contribution in [2.75, 3.05) is 39.3 Å². The molecule has 5 nitrogen and oxygen atoms in total.